The van der Waals surface area contributed by atoms with Crippen molar-refractivity contribution in [2.24, 2.45) is 11.5 Å². The molecule has 12 heteroatoms. The number of rotatable bonds is 13. The van der Waals surface area contributed by atoms with Crippen molar-refractivity contribution in [1.82, 2.24) is 16.0 Å². The van der Waals surface area contributed by atoms with Crippen LogP contribution in [0.15, 0.2) is 30.3 Å². The largest absolute Gasteiger partial charge is 0.480 e. The first-order valence-electron chi connectivity index (χ1n) is 9.43. The monoisotopic (exact) mass is 437 g/mol. The molecule has 0 bridgehead atoms. The number of aliphatic carboxylic acids is 1. The summed E-state index contributed by atoms with van der Waals surface area (Å²) in [6.45, 7) is -1.48. The highest BCUT2D eigenvalue weighted by molar-refractivity contribution is 5.94. The van der Waals surface area contributed by atoms with Gasteiger partial charge < -0.3 is 37.6 Å². The van der Waals surface area contributed by atoms with Gasteiger partial charge in [-0.25, -0.2) is 0 Å². The molecule has 3 unspecified atom stereocenters. The minimum Gasteiger partial charge on any atom is -0.480 e. The lowest BCUT2D eigenvalue weighted by Crippen LogP contribution is -2.57. The Kier molecular flexibility index (Phi) is 10.6. The number of carboxylic acid groups (broad SMARTS) is 1. The molecule has 0 aliphatic heterocycles. The highest BCUT2D eigenvalue weighted by Crippen LogP contribution is 2.03. The van der Waals surface area contributed by atoms with Crippen LogP contribution in [-0.4, -0.2) is 71.1 Å². The summed E-state index contributed by atoms with van der Waals surface area (Å²) in [5.74, 6) is -4.50. The van der Waals surface area contributed by atoms with Crippen LogP contribution in [-0.2, 0) is 30.4 Å². The first-order valence-corrected chi connectivity index (χ1v) is 9.43. The third-order valence-corrected chi connectivity index (χ3v) is 4.18. The van der Waals surface area contributed by atoms with Gasteiger partial charge in [0.2, 0.25) is 23.6 Å². The molecule has 0 aromatic heterocycles. The van der Waals surface area contributed by atoms with E-state index in [0.717, 1.165) is 5.56 Å². The maximum atomic E-state index is 12.4. The summed E-state index contributed by atoms with van der Waals surface area (Å²) < 4.78 is 0. The van der Waals surface area contributed by atoms with Crippen molar-refractivity contribution in [2.45, 2.75) is 37.4 Å². The van der Waals surface area contributed by atoms with Crippen LogP contribution in [0.25, 0.3) is 0 Å². The molecule has 12 nitrogen and oxygen atoms in total. The van der Waals surface area contributed by atoms with Gasteiger partial charge in [0.05, 0.1) is 12.6 Å². The predicted octanol–water partition coefficient (Wildman–Crippen LogP) is -3.02. The topological polar surface area (TPSA) is 214 Å². The Labute approximate surface area is 178 Å². The zero-order chi connectivity index (χ0) is 23.4. The second-order valence-electron chi connectivity index (χ2n) is 6.72. The highest BCUT2D eigenvalue weighted by Gasteiger charge is 2.28. The molecule has 9 N–H and O–H groups in total. The standard InChI is InChI=1S/C19H27N5O7/c20-12(8-11-4-2-1-3-5-11)17(29)24-14(10-25)19(31)23-13(6-7-15(21)26)18(30)22-9-16(27)28/h1-5,12-14,25H,6-10,20H2,(H2,21,26)(H,22,30)(H,23,31)(H,24,29)(H,27,28). The number of carboxylic acids is 1. The summed E-state index contributed by atoms with van der Waals surface area (Å²) in [4.78, 5) is 58.5. The van der Waals surface area contributed by atoms with Crippen LogP contribution in [0, 0.1) is 0 Å². The van der Waals surface area contributed by atoms with Crippen molar-refractivity contribution in [1.29, 1.82) is 0 Å². The summed E-state index contributed by atoms with van der Waals surface area (Å²) >= 11 is 0. The van der Waals surface area contributed by atoms with Crippen molar-refractivity contribution < 1.29 is 34.2 Å². The molecule has 0 saturated heterocycles. The summed E-state index contributed by atoms with van der Waals surface area (Å²) in [5, 5.41) is 24.8. The average Bonchev–Trinajstić information content (AvgIpc) is 2.73. The number of primary amides is 1. The minimum atomic E-state index is -1.42. The lowest BCUT2D eigenvalue weighted by molar-refractivity contribution is -0.138. The summed E-state index contributed by atoms with van der Waals surface area (Å²) in [6.07, 6.45) is -0.263. The van der Waals surface area contributed by atoms with Gasteiger partial charge in [-0.1, -0.05) is 30.3 Å². The number of amides is 4. The zero-order valence-corrected chi connectivity index (χ0v) is 16.7. The molecule has 0 aliphatic rings. The maximum Gasteiger partial charge on any atom is 0.322 e. The van der Waals surface area contributed by atoms with Gasteiger partial charge in [-0.05, 0) is 18.4 Å². The maximum absolute atomic E-state index is 12.4. The first kappa shape index (κ1) is 25.5. The zero-order valence-electron chi connectivity index (χ0n) is 16.7. The number of hydrogen-bond donors (Lipinski definition) is 7. The van der Waals surface area contributed by atoms with E-state index in [1.54, 1.807) is 24.3 Å². The quantitative estimate of drug-likeness (QED) is 0.168. The van der Waals surface area contributed by atoms with Crippen molar-refractivity contribution >= 4 is 29.6 Å². The van der Waals surface area contributed by atoms with Gasteiger partial charge in [-0.15, -0.1) is 0 Å². The second kappa shape index (κ2) is 12.9. The second-order valence-corrected chi connectivity index (χ2v) is 6.72. The smallest absolute Gasteiger partial charge is 0.322 e. The average molecular weight is 437 g/mol. The van der Waals surface area contributed by atoms with Crippen LogP contribution in [0.5, 0.6) is 0 Å². The number of nitrogens with one attached hydrogen (secondary N) is 3. The molecule has 170 valence electrons. The highest BCUT2D eigenvalue weighted by atomic mass is 16.4. The molecule has 0 spiro atoms. The Morgan fingerprint density at radius 1 is 0.935 bits per heavy atom. The van der Waals surface area contributed by atoms with E-state index in [4.69, 9.17) is 16.6 Å². The molecule has 31 heavy (non-hydrogen) atoms. The fraction of sp³-hybridized carbons (Fsp3) is 0.421. The van der Waals surface area contributed by atoms with E-state index in [1.807, 2.05) is 6.07 Å². The first-order chi connectivity index (χ1) is 14.6. The predicted molar refractivity (Wildman–Crippen MR) is 108 cm³/mol. The van der Waals surface area contributed by atoms with Crippen molar-refractivity contribution in [3.63, 3.8) is 0 Å². The number of nitrogens with two attached hydrogens (primary N) is 2. The van der Waals surface area contributed by atoms with Gasteiger partial charge in [-0.3, -0.25) is 24.0 Å². The summed E-state index contributed by atoms with van der Waals surface area (Å²) in [7, 11) is 0. The van der Waals surface area contributed by atoms with Crippen LogP contribution in [0.3, 0.4) is 0 Å². The van der Waals surface area contributed by atoms with Gasteiger partial charge >= 0.3 is 5.97 Å². The molecule has 1 aromatic carbocycles. The number of benzene rings is 1. The fourth-order valence-corrected chi connectivity index (χ4v) is 2.55. The van der Waals surface area contributed by atoms with E-state index in [1.165, 1.54) is 0 Å². The Balaban J connectivity index is 2.74. The van der Waals surface area contributed by atoms with E-state index in [-0.39, 0.29) is 19.3 Å². The van der Waals surface area contributed by atoms with Crippen LogP contribution in [0.1, 0.15) is 18.4 Å². The van der Waals surface area contributed by atoms with Gasteiger partial charge in [0.1, 0.15) is 18.6 Å². The van der Waals surface area contributed by atoms with Crippen molar-refractivity contribution in [3.05, 3.63) is 35.9 Å². The van der Waals surface area contributed by atoms with Crippen LogP contribution < -0.4 is 27.4 Å². The Bertz CT molecular complexity index is 787. The van der Waals surface area contributed by atoms with Crippen LogP contribution in [0.2, 0.25) is 0 Å². The molecule has 0 fully saturated rings. The van der Waals surface area contributed by atoms with E-state index in [9.17, 15) is 29.1 Å². The lowest BCUT2D eigenvalue weighted by Gasteiger charge is -2.22. The van der Waals surface area contributed by atoms with E-state index in [2.05, 4.69) is 16.0 Å². The Hall–Kier alpha value is -3.51. The van der Waals surface area contributed by atoms with Crippen molar-refractivity contribution in [3.8, 4) is 0 Å². The number of aliphatic hydroxyl groups is 1. The van der Waals surface area contributed by atoms with Crippen LogP contribution >= 0.6 is 0 Å². The number of carbonyl (C=O) groups excluding carboxylic acids is 4. The molecule has 1 aromatic rings. The van der Waals surface area contributed by atoms with E-state index in [0.29, 0.717) is 0 Å². The minimum absolute atomic E-state index is 0.200. The molecule has 0 aliphatic carbocycles. The number of hydrogen-bond acceptors (Lipinski definition) is 7. The van der Waals surface area contributed by atoms with E-state index >= 15 is 0 Å². The molecule has 1 rings (SSSR count). The molecule has 4 amide bonds. The SMILES string of the molecule is NC(=O)CCC(NC(=O)C(CO)NC(=O)C(N)Cc1ccccc1)C(=O)NCC(=O)O. The third-order valence-electron chi connectivity index (χ3n) is 4.18. The van der Waals surface area contributed by atoms with Crippen molar-refractivity contribution in [2.75, 3.05) is 13.2 Å². The summed E-state index contributed by atoms with van der Waals surface area (Å²) in [6, 6.07) is 5.22. The molecule has 0 radical (unpaired) electrons. The Morgan fingerprint density at radius 2 is 1.55 bits per heavy atom. The number of aliphatic hydroxyl groups excluding tert-OH is 1. The van der Waals surface area contributed by atoms with Gasteiger partial charge in [0, 0.05) is 6.42 Å². The molecular formula is C19H27N5O7. The van der Waals surface area contributed by atoms with Crippen LogP contribution in [0.4, 0.5) is 0 Å². The lowest BCUT2D eigenvalue weighted by atomic mass is 10.1. The fourth-order valence-electron chi connectivity index (χ4n) is 2.55. The van der Waals surface area contributed by atoms with E-state index < -0.39 is 60.9 Å². The number of carbonyl (C=O) groups is 5. The summed E-state index contributed by atoms with van der Waals surface area (Å²) in [5.41, 5.74) is 11.7. The third kappa shape index (κ3) is 9.69. The van der Waals surface area contributed by atoms with Gasteiger partial charge in [0.25, 0.3) is 0 Å². The molecule has 3 atom stereocenters. The van der Waals surface area contributed by atoms with Gasteiger partial charge in [-0.2, -0.15) is 0 Å². The molecular weight excluding hydrogens is 410 g/mol. The normalized spacial score (nSPS) is 13.4. The molecule has 0 saturated carbocycles. The van der Waals surface area contributed by atoms with Gasteiger partial charge in [0.15, 0.2) is 0 Å². The molecule has 0 heterocycles. The Morgan fingerprint density at radius 3 is 2.10 bits per heavy atom.